The Balaban J connectivity index is 1.63. The summed E-state index contributed by atoms with van der Waals surface area (Å²) in [6, 6.07) is 11.5. The summed E-state index contributed by atoms with van der Waals surface area (Å²) in [4.78, 5) is 29.6. The molecule has 2 atom stereocenters. The maximum atomic E-state index is 13.2. The summed E-state index contributed by atoms with van der Waals surface area (Å²) >= 11 is 1.34. The van der Waals surface area contributed by atoms with Gasteiger partial charge in [-0.15, -0.1) is 0 Å². The maximum absolute atomic E-state index is 13.2. The first-order chi connectivity index (χ1) is 18.1. The van der Waals surface area contributed by atoms with Crippen molar-refractivity contribution in [2.24, 2.45) is 16.8 Å². The highest BCUT2D eigenvalue weighted by molar-refractivity contribution is 7.89. The van der Waals surface area contributed by atoms with Gasteiger partial charge in [-0.3, -0.25) is 9.59 Å². The molecule has 1 aliphatic heterocycles. The lowest BCUT2D eigenvalue weighted by Gasteiger charge is -2.34. The second-order valence-corrected chi connectivity index (χ2v) is 12.8. The summed E-state index contributed by atoms with van der Waals surface area (Å²) in [6.07, 6.45) is 1.01. The molecule has 1 aliphatic rings. The average molecular weight is 559 g/mol. The van der Waals surface area contributed by atoms with Gasteiger partial charge in [0.25, 0.3) is 5.91 Å². The minimum Gasteiger partial charge on any atom is -0.380 e. The van der Waals surface area contributed by atoms with Gasteiger partial charge in [0, 0.05) is 44.4 Å². The SMILES string of the molecule is CCOCCn1c(=NC(=O)c2ccc(S(=O)(=O)N3CC(C)CC(C)C3)cc2)sc2cc(NC(C)=O)ccc21. The molecule has 1 N–H and O–H groups in total. The van der Waals surface area contributed by atoms with Gasteiger partial charge in [0.15, 0.2) is 4.80 Å². The number of hydrogen-bond donors (Lipinski definition) is 1. The molecule has 4 rings (SSSR count). The summed E-state index contributed by atoms with van der Waals surface area (Å²) < 4.78 is 36.2. The van der Waals surface area contributed by atoms with E-state index in [4.69, 9.17) is 4.74 Å². The number of aromatic nitrogens is 1. The number of anilines is 1. The predicted molar refractivity (Wildman–Crippen MR) is 149 cm³/mol. The van der Waals surface area contributed by atoms with E-state index in [1.54, 1.807) is 4.31 Å². The first-order valence-electron chi connectivity index (χ1n) is 12.8. The first-order valence-corrected chi connectivity index (χ1v) is 15.0. The van der Waals surface area contributed by atoms with E-state index < -0.39 is 15.9 Å². The molecule has 11 heteroatoms. The number of piperidine rings is 1. The van der Waals surface area contributed by atoms with Gasteiger partial charge < -0.3 is 14.6 Å². The Bertz CT molecular complexity index is 1480. The molecular formula is C27H34N4O5S2. The van der Waals surface area contributed by atoms with Crippen molar-refractivity contribution < 1.29 is 22.7 Å². The van der Waals surface area contributed by atoms with E-state index in [-0.39, 0.29) is 10.8 Å². The zero-order valence-corrected chi connectivity index (χ0v) is 23.8. The van der Waals surface area contributed by atoms with Gasteiger partial charge in [-0.2, -0.15) is 9.30 Å². The Morgan fingerprint density at radius 1 is 1.11 bits per heavy atom. The number of ether oxygens (including phenoxy) is 1. The van der Waals surface area contributed by atoms with Crippen molar-refractivity contribution in [2.45, 2.75) is 45.6 Å². The monoisotopic (exact) mass is 558 g/mol. The number of benzene rings is 2. The molecule has 2 aromatic carbocycles. The molecule has 0 radical (unpaired) electrons. The number of thiazole rings is 1. The Morgan fingerprint density at radius 3 is 2.42 bits per heavy atom. The molecule has 0 aliphatic carbocycles. The summed E-state index contributed by atoms with van der Waals surface area (Å²) in [6.45, 7) is 10.0. The second kappa shape index (κ2) is 11.9. The van der Waals surface area contributed by atoms with Crippen LogP contribution in [0.1, 0.15) is 44.5 Å². The summed E-state index contributed by atoms with van der Waals surface area (Å²) in [5.41, 5.74) is 1.84. The molecule has 0 spiro atoms. The molecule has 38 heavy (non-hydrogen) atoms. The lowest BCUT2D eigenvalue weighted by molar-refractivity contribution is -0.114. The van der Waals surface area contributed by atoms with Crippen molar-refractivity contribution in [1.82, 2.24) is 8.87 Å². The van der Waals surface area contributed by atoms with Gasteiger partial charge >= 0.3 is 0 Å². The fraction of sp³-hybridized carbons (Fsp3) is 0.444. The predicted octanol–water partition coefficient (Wildman–Crippen LogP) is 4.11. The number of carbonyl (C=O) groups is 2. The van der Waals surface area contributed by atoms with E-state index in [1.165, 1.54) is 42.5 Å². The molecule has 204 valence electrons. The first kappa shape index (κ1) is 28.2. The highest BCUT2D eigenvalue weighted by atomic mass is 32.2. The van der Waals surface area contributed by atoms with E-state index in [0.29, 0.717) is 60.7 Å². The van der Waals surface area contributed by atoms with Gasteiger partial charge in [0.2, 0.25) is 15.9 Å². The van der Waals surface area contributed by atoms with Crippen LogP contribution >= 0.6 is 11.3 Å². The van der Waals surface area contributed by atoms with E-state index in [1.807, 2.05) is 29.7 Å². The van der Waals surface area contributed by atoms with Crippen LogP contribution in [0.25, 0.3) is 10.2 Å². The Hall–Kier alpha value is -2.86. The number of hydrogen-bond acceptors (Lipinski definition) is 6. The van der Waals surface area contributed by atoms with Crippen LogP contribution in [0.15, 0.2) is 52.4 Å². The molecule has 2 heterocycles. The van der Waals surface area contributed by atoms with Crippen molar-refractivity contribution in [3.05, 3.63) is 52.8 Å². The number of amides is 2. The number of sulfonamides is 1. The topological polar surface area (TPSA) is 110 Å². The number of fused-ring (bicyclic) bond motifs is 1. The lowest BCUT2D eigenvalue weighted by Crippen LogP contribution is -2.42. The minimum atomic E-state index is -3.63. The quantitative estimate of drug-likeness (QED) is 0.419. The molecule has 2 amide bonds. The smallest absolute Gasteiger partial charge is 0.279 e. The summed E-state index contributed by atoms with van der Waals surface area (Å²) in [7, 11) is -3.63. The molecule has 3 aromatic rings. The zero-order valence-electron chi connectivity index (χ0n) is 22.1. The van der Waals surface area contributed by atoms with Crippen LogP contribution in [-0.2, 0) is 26.1 Å². The molecule has 0 saturated carbocycles. The van der Waals surface area contributed by atoms with Gasteiger partial charge in [0.05, 0.1) is 21.7 Å². The Labute approximate surface area is 227 Å². The fourth-order valence-electron chi connectivity index (χ4n) is 4.83. The lowest BCUT2D eigenvalue weighted by atomic mass is 9.94. The molecular weight excluding hydrogens is 524 g/mol. The van der Waals surface area contributed by atoms with E-state index >= 15 is 0 Å². The normalized spacial score (nSPS) is 19.1. The third-order valence-electron chi connectivity index (χ3n) is 6.44. The van der Waals surface area contributed by atoms with E-state index in [0.717, 1.165) is 16.6 Å². The molecule has 9 nitrogen and oxygen atoms in total. The van der Waals surface area contributed by atoms with Gasteiger partial charge in [-0.05, 0) is 67.6 Å². The molecule has 0 bridgehead atoms. The van der Waals surface area contributed by atoms with Gasteiger partial charge in [-0.25, -0.2) is 8.42 Å². The minimum absolute atomic E-state index is 0.167. The number of carbonyl (C=O) groups excluding carboxylic acids is 2. The molecule has 2 unspecified atom stereocenters. The third kappa shape index (κ3) is 6.40. The zero-order chi connectivity index (χ0) is 27.4. The number of nitrogens with one attached hydrogen (secondary N) is 1. The van der Waals surface area contributed by atoms with Crippen LogP contribution < -0.4 is 10.1 Å². The number of rotatable bonds is 8. The summed E-state index contributed by atoms with van der Waals surface area (Å²) in [5.74, 6) is -0.0237. The fourth-order valence-corrected chi connectivity index (χ4v) is 7.60. The van der Waals surface area contributed by atoms with E-state index in [2.05, 4.69) is 24.2 Å². The standard InChI is InChI=1S/C27H34N4O5S2/c1-5-36-13-12-31-24-11-8-22(28-20(4)32)15-25(24)37-27(31)29-26(33)21-6-9-23(10-7-21)38(34,35)30-16-18(2)14-19(3)17-30/h6-11,15,18-19H,5,12-14,16-17H2,1-4H3,(H,28,32). The van der Waals surface area contributed by atoms with Crippen LogP contribution in [-0.4, -0.2) is 55.4 Å². The highest BCUT2D eigenvalue weighted by Crippen LogP contribution is 2.27. The van der Waals surface area contributed by atoms with Crippen molar-refractivity contribution in [3.63, 3.8) is 0 Å². The largest absolute Gasteiger partial charge is 0.380 e. The third-order valence-corrected chi connectivity index (χ3v) is 9.33. The highest BCUT2D eigenvalue weighted by Gasteiger charge is 2.31. The van der Waals surface area contributed by atoms with Crippen LogP contribution in [0.4, 0.5) is 5.69 Å². The van der Waals surface area contributed by atoms with Crippen molar-refractivity contribution >= 4 is 49.1 Å². The van der Waals surface area contributed by atoms with E-state index in [9.17, 15) is 18.0 Å². The Kier molecular flexibility index (Phi) is 8.81. The number of nitrogens with zero attached hydrogens (tertiary/aromatic N) is 3. The molecule has 1 fully saturated rings. The average Bonchev–Trinajstić information content (AvgIpc) is 3.19. The maximum Gasteiger partial charge on any atom is 0.279 e. The van der Waals surface area contributed by atoms with Crippen LogP contribution in [0, 0.1) is 11.8 Å². The van der Waals surface area contributed by atoms with Crippen LogP contribution in [0.5, 0.6) is 0 Å². The molecule has 1 aromatic heterocycles. The summed E-state index contributed by atoms with van der Waals surface area (Å²) in [5, 5.41) is 2.77. The van der Waals surface area contributed by atoms with Crippen LogP contribution in [0.2, 0.25) is 0 Å². The van der Waals surface area contributed by atoms with Crippen LogP contribution in [0.3, 0.4) is 0 Å². The van der Waals surface area contributed by atoms with Crippen molar-refractivity contribution in [1.29, 1.82) is 0 Å². The van der Waals surface area contributed by atoms with Crippen molar-refractivity contribution in [2.75, 3.05) is 31.6 Å². The van der Waals surface area contributed by atoms with Gasteiger partial charge in [-0.1, -0.05) is 25.2 Å². The van der Waals surface area contributed by atoms with Crippen molar-refractivity contribution in [3.8, 4) is 0 Å². The Morgan fingerprint density at radius 2 is 1.79 bits per heavy atom. The second-order valence-electron chi connectivity index (χ2n) is 9.81. The van der Waals surface area contributed by atoms with Gasteiger partial charge in [0.1, 0.15) is 0 Å². The molecule has 1 saturated heterocycles.